The maximum absolute atomic E-state index is 11.7. The third-order valence-electron chi connectivity index (χ3n) is 4.85. The molecule has 12 nitrogen and oxygen atoms in total. The highest BCUT2D eigenvalue weighted by Gasteiger charge is 2.35. The highest BCUT2D eigenvalue weighted by molar-refractivity contribution is 7.92. The molecule has 0 aliphatic carbocycles. The fraction of sp³-hybridized carbons (Fsp3) is 0.560. The normalized spacial score (nSPS) is 17.9. The minimum absolute atomic E-state index is 0.118. The lowest BCUT2D eigenvalue weighted by Crippen LogP contribution is -2.30. The minimum atomic E-state index is -3.56. The molecule has 0 saturated carbocycles. The smallest absolute Gasteiger partial charge is 0.267 e. The van der Waals surface area contributed by atoms with Crippen LogP contribution >= 0.6 is 0 Å². The van der Waals surface area contributed by atoms with Gasteiger partial charge in [-0.3, -0.25) is 14.4 Å². The zero-order chi connectivity index (χ0) is 31.9. The van der Waals surface area contributed by atoms with Gasteiger partial charge in [0.05, 0.1) is 23.7 Å². The number of rotatable bonds is 0. The van der Waals surface area contributed by atoms with Gasteiger partial charge in [0, 0.05) is 32.7 Å². The zero-order valence-corrected chi connectivity index (χ0v) is 27.2. The number of hydrogen-bond acceptors (Lipinski definition) is 9. The summed E-state index contributed by atoms with van der Waals surface area (Å²) in [6.07, 6.45) is 2.01. The Bertz CT molecular complexity index is 1330. The predicted molar refractivity (Wildman–Crippen MR) is 155 cm³/mol. The Morgan fingerprint density at radius 3 is 1.48 bits per heavy atom. The molecule has 3 amide bonds. The summed E-state index contributed by atoms with van der Waals surface area (Å²) < 4.78 is 69.5. The van der Waals surface area contributed by atoms with E-state index in [1.54, 1.807) is 18.2 Å². The Hall–Kier alpha value is -2.78. The number of fused-ring (bicyclic) bond motifs is 1. The fourth-order valence-corrected chi connectivity index (χ4v) is 7.50. The van der Waals surface area contributed by atoms with E-state index in [1.807, 2.05) is 41.5 Å². The van der Waals surface area contributed by atoms with Crippen molar-refractivity contribution in [2.45, 2.75) is 80.2 Å². The fourth-order valence-electron chi connectivity index (χ4n) is 3.26. The molecule has 1 saturated heterocycles. The molecule has 0 spiro atoms. The maximum Gasteiger partial charge on any atom is 0.267 e. The number of sulfonamides is 3. The second-order valence-electron chi connectivity index (χ2n) is 7.37. The second kappa shape index (κ2) is 17.8. The SMILES string of the molecule is CC.CC.CC.CC(=O)N1CC=CS1(=O)=O.CC(=O)N1CCCS1(=O)=O.CC(=O)N1Cc2ccccc2S1(=O)=O. The highest BCUT2D eigenvalue weighted by Crippen LogP contribution is 2.29. The average Bonchev–Trinajstić information content (AvgIpc) is 3.55. The molecule has 1 aromatic rings. The molecule has 0 N–H and O–H groups in total. The lowest BCUT2D eigenvalue weighted by Gasteiger charge is -2.10. The summed E-state index contributed by atoms with van der Waals surface area (Å²) >= 11 is 0. The van der Waals surface area contributed by atoms with Crippen LogP contribution in [0.15, 0.2) is 40.6 Å². The standard InChI is InChI=1S/C9H9NO3S.C5H9NO3S.C5H7NO3S.3C2H6/c1-7(11)10-6-8-4-2-3-5-9(8)14(10,12)13;2*1-5(7)6-3-2-4-10(6,8)9;3*1-2/h2-5H,6H2,1H3;2-4H2,1H3;2,4H,3H2,1H3;3*1-2H3. The van der Waals surface area contributed by atoms with E-state index in [4.69, 9.17) is 0 Å². The van der Waals surface area contributed by atoms with E-state index >= 15 is 0 Å². The molecule has 1 aromatic carbocycles. The number of hydrogen-bond donors (Lipinski definition) is 0. The van der Waals surface area contributed by atoms with Gasteiger partial charge in [-0.1, -0.05) is 65.8 Å². The van der Waals surface area contributed by atoms with Gasteiger partial charge in [0.1, 0.15) is 0 Å². The highest BCUT2D eigenvalue weighted by atomic mass is 32.2. The van der Waals surface area contributed by atoms with Crippen LogP contribution in [0.5, 0.6) is 0 Å². The summed E-state index contributed by atoms with van der Waals surface area (Å²) in [7, 11) is -10.1. The lowest BCUT2D eigenvalue weighted by atomic mass is 10.2. The Balaban J connectivity index is 0. The topological polar surface area (TPSA) is 163 Å². The molecule has 15 heteroatoms. The van der Waals surface area contributed by atoms with E-state index in [0.29, 0.717) is 18.5 Å². The first-order chi connectivity index (χ1) is 18.6. The summed E-state index contributed by atoms with van der Waals surface area (Å²) in [5, 5.41) is 1.04. The molecule has 0 aromatic heterocycles. The Morgan fingerprint density at radius 2 is 1.18 bits per heavy atom. The van der Waals surface area contributed by atoms with E-state index < -0.39 is 41.9 Å². The quantitative estimate of drug-likeness (QED) is 0.421. The van der Waals surface area contributed by atoms with Gasteiger partial charge in [0.25, 0.3) is 20.0 Å². The maximum atomic E-state index is 11.7. The van der Waals surface area contributed by atoms with Gasteiger partial charge in [-0.25, -0.2) is 38.2 Å². The van der Waals surface area contributed by atoms with Crippen molar-refractivity contribution in [3.05, 3.63) is 41.3 Å². The summed E-state index contributed by atoms with van der Waals surface area (Å²) in [5.74, 6) is -1.14. The number of carbonyl (C=O) groups is 3. The molecule has 230 valence electrons. The summed E-state index contributed by atoms with van der Waals surface area (Å²) in [6.45, 7) is 16.4. The molecule has 0 atom stereocenters. The van der Waals surface area contributed by atoms with Crippen molar-refractivity contribution in [2.75, 3.05) is 18.8 Å². The largest absolute Gasteiger partial charge is 0.274 e. The number of carbonyl (C=O) groups excluding carboxylic acids is 3. The average molecular weight is 626 g/mol. The van der Waals surface area contributed by atoms with Gasteiger partial charge < -0.3 is 0 Å². The van der Waals surface area contributed by atoms with Crippen LogP contribution in [0.1, 0.15) is 74.3 Å². The van der Waals surface area contributed by atoms with Crippen molar-refractivity contribution in [1.29, 1.82) is 0 Å². The second-order valence-corrected chi connectivity index (χ2v) is 13.0. The Kier molecular flexibility index (Phi) is 17.5. The van der Waals surface area contributed by atoms with E-state index in [0.717, 1.165) is 18.3 Å². The Morgan fingerprint density at radius 1 is 0.700 bits per heavy atom. The van der Waals surface area contributed by atoms with Gasteiger partial charge in [0.2, 0.25) is 27.7 Å². The van der Waals surface area contributed by atoms with Gasteiger partial charge >= 0.3 is 0 Å². The molecule has 0 bridgehead atoms. The van der Waals surface area contributed by atoms with Crippen molar-refractivity contribution in [3.63, 3.8) is 0 Å². The molecule has 3 heterocycles. The molecule has 40 heavy (non-hydrogen) atoms. The van der Waals surface area contributed by atoms with Crippen LogP contribution in [0.4, 0.5) is 0 Å². The molecule has 1 fully saturated rings. The molecule has 3 aliphatic heterocycles. The molecule has 0 radical (unpaired) electrons. The number of amides is 3. The van der Waals surface area contributed by atoms with Crippen LogP contribution in [0.25, 0.3) is 0 Å². The first-order valence-electron chi connectivity index (χ1n) is 12.9. The Labute approximate surface area is 240 Å². The third kappa shape index (κ3) is 10.7. The molecular formula is C25H43N3O9S3. The predicted octanol–water partition coefficient (Wildman–Crippen LogP) is 3.08. The van der Waals surface area contributed by atoms with Crippen LogP contribution in [-0.2, 0) is 51.0 Å². The molecule has 4 rings (SSSR count). The van der Waals surface area contributed by atoms with E-state index in [1.165, 1.54) is 32.9 Å². The van der Waals surface area contributed by atoms with Crippen molar-refractivity contribution >= 4 is 47.8 Å². The van der Waals surface area contributed by atoms with Gasteiger partial charge in [0.15, 0.2) is 0 Å². The first kappa shape index (κ1) is 39.4. The molecular weight excluding hydrogens is 582 g/mol. The van der Waals surface area contributed by atoms with Gasteiger partial charge in [-0.05, 0) is 18.1 Å². The summed E-state index contributed by atoms with van der Waals surface area (Å²) in [6, 6.07) is 6.65. The van der Waals surface area contributed by atoms with Gasteiger partial charge in [-0.2, -0.15) is 0 Å². The van der Waals surface area contributed by atoms with Crippen molar-refractivity contribution in [3.8, 4) is 0 Å². The summed E-state index contributed by atoms with van der Waals surface area (Å²) in [4.78, 5) is 32.5. The van der Waals surface area contributed by atoms with E-state index in [-0.39, 0.29) is 29.6 Å². The minimum Gasteiger partial charge on any atom is -0.274 e. The van der Waals surface area contributed by atoms with E-state index in [9.17, 15) is 39.6 Å². The van der Waals surface area contributed by atoms with Crippen LogP contribution in [-0.4, -0.2) is 74.7 Å². The third-order valence-corrected chi connectivity index (χ3v) is 10.2. The molecule has 3 aliphatic rings. The van der Waals surface area contributed by atoms with E-state index in [2.05, 4.69) is 0 Å². The molecule has 0 unspecified atom stereocenters. The van der Waals surface area contributed by atoms with Crippen molar-refractivity contribution < 1.29 is 39.6 Å². The van der Waals surface area contributed by atoms with Crippen molar-refractivity contribution in [2.24, 2.45) is 0 Å². The van der Waals surface area contributed by atoms with Crippen LogP contribution in [0.3, 0.4) is 0 Å². The number of nitrogens with zero attached hydrogens (tertiary/aromatic N) is 3. The van der Waals surface area contributed by atoms with Crippen LogP contribution in [0, 0.1) is 0 Å². The monoisotopic (exact) mass is 625 g/mol. The summed E-state index contributed by atoms with van der Waals surface area (Å²) in [5.41, 5.74) is 0.683. The zero-order valence-electron chi connectivity index (χ0n) is 24.7. The van der Waals surface area contributed by atoms with Crippen LogP contribution in [0.2, 0.25) is 0 Å². The first-order valence-corrected chi connectivity index (χ1v) is 17.5. The van der Waals surface area contributed by atoms with Crippen molar-refractivity contribution in [1.82, 2.24) is 12.9 Å². The number of benzene rings is 1. The van der Waals surface area contributed by atoms with Gasteiger partial charge in [-0.15, -0.1) is 0 Å². The van der Waals surface area contributed by atoms with Crippen LogP contribution < -0.4 is 0 Å². The lowest BCUT2D eigenvalue weighted by molar-refractivity contribution is -0.125.